The lowest BCUT2D eigenvalue weighted by Gasteiger charge is -2.39. The standard InChI is InChI=1S/C22H28N2O5/c1-27-18-6-4-3-5-17(18)22(26)9-11-24(12-10-22)14-16-7-8-19(20(13-16)28-2)29-15-21(23)25/h3-8,13,26H,9-12,14-15H2,1-2H3,(H2,23,25). The molecule has 1 aliphatic heterocycles. The van der Waals surface area contributed by atoms with Crippen molar-refractivity contribution in [3.63, 3.8) is 0 Å². The molecule has 3 rings (SSSR count). The zero-order valence-electron chi connectivity index (χ0n) is 16.9. The second-order valence-electron chi connectivity index (χ2n) is 7.25. The van der Waals surface area contributed by atoms with Gasteiger partial charge in [0.2, 0.25) is 0 Å². The Hall–Kier alpha value is -2.77. The fourth-order valence-electron chi connectivity index (χ4n) is 3.72. The van der Waals surface area contributed by atoms with Crippen molar-refractivity contribution in [1.29, 1.82) is 0 Å². The number of rotatable bonds is 8. The number of nitrogens with zero attached hydrogens (tertiary/aromatic N) is 1. The number of primary amides is 1. The maximum atomic E-state index is 11.2. The summed E-state index contributed by atoms with van der Waals surface area (Å²) in [6.07, 6.45) is 1.26. The molecule has 7 heteroatoms. The van der Waals surface area contributed by atoms with E-state index in [0.717, 1.165) is 36.5 Å². The van der Waals surface area contributed by atoms with Gasteiger partial charge in [0, 0.05) is 25.2 Å². The summed E-state index contributed by atoms with van der Waals surface area (Å²) < 4.78 is 16.2. The van der Waals surface area contributed by atoms with Crippen molar-refractivity contribution in [3.8, 4) is 17.2 Å². The molecule has 3 N–H and O–H groups in total. The van der Waals surface area contributed by atoms with Crippen molar-refractivity contribution in [2.75, 3.05) is 33.9 Å². The number of likely N-dealkylation sites (tertiary alicyclic amines) is 1. The third-order valence-electron chi connectivity index (χ3n) is 5.30. The van der Waals surface area contributed by atoms with E-state index in [0.29, 0.717) is 24.3 Å². The highest BCUT2D eigenvalue weighted by Crippen LogP contribution is 2.38. The van der Waals surface area contributed by atoms with Crippen LogP contribution in [0.2, 0.25) is 0 Å². The first-order valence-electron chi connectivity index (χ1n) is 9.61. The lowest BCUT2D eigenvalue weighted by molar-refractivity contribution is -0.119. The number of piperidine rings is 1. The van der Waals surface area contributed by atoms with E-state index < -0.39 is 11.5 Å². The third-order valence-corrected chi connectivity index (χ3v) is 5.30. The van der Waals surface area contributed by atoms with Crippen LogP contribution in [0.4, 0.5) is 0 Å². The van der Waals surface area contributed by atoms with E-state index in [4.69, 9.17) is 19.9 Å². The molecule has 1 amide bonds. The van der Waals surface area contributed by atoms with Gasteiger partial charge < -0.3 is 25.1 Å². The summed E-state index contributed by atoms with van der Waals surface area (Å²) in [4.78, 5) is 13.2. The van der Waals surface area contributed by atoms with Gasteiger partial charge in [-0.3, -0.25) is 9.69 Å². The monoisotopic (exact) mass is 400 g/mol. The van der Waals surface area contributed by atoms with Gasteiger partial charge in [-0.1, -0.05) is 24.3 Å². The number of nitrogens with two attached hydrogens (primary N) is 1. The quantitative estimate of drug-likeness (QED) is 0.704. The molecule has 29 heavy (non-hydrogen) atoms. The smallest absolute Gasteiger partial charge is 0.255 e. The predicted octanol–water partition coefficient (Wildman–Crippen LogP) is 2.05. The minimum atomic E-state index is -0.882. The molecule has 0 unspecified atom stereocenters. The Labute approximate surface area is 171 Å². The van der Waals surface area contributed by atoms with Gasteiger partial charge in [0.05, 0.1) is 19.8 Å². The summed E-state index contributed by atoms with van der Waals surface area (Å²) in [5, 5.41) is 11.2. The van der Waals surface area contributed by atoms with Gasteiger partial charge in [-0.25, -0.2) is 0 Å². The Morgan fingerprint density at radius 2 is 1.76 bits per heavy atom. The first-order chi connectivity index (χ1) is 13.9. The minimum absolute atomic E-state index is 0.191. The minimum Gasteiger partial charge on any atom is -0.496 e. The molecule has 1 fully saturated rings. The van der Waals surface area contributed by atoms with E-state index >= 15 is 0 Å². The van der Waals surface area contributed by atoms with Crippen LogP contribution >= 0.6 is 0 Å². The number of benzene rings is 2. The average molecular weight is 400 g/mol. The maximum Gasteiger partial charge on any atom is 0.255 e. The molecule has 0 spiro atoms. The predicted molar refractivity (Wildman–Crippen MR) is 109 cm³/mol. The van der Waals surface area contributed by atoms with Gasteiger partial charge in [-0.15, -0.1) is 0 Å². The van der Waals surface area contributed by atoms with Crippen LogP contribution in [0, 0.1) is 0 Å². The number of para-hydroxylation sites is 1. The summed E-state index contributed by atoms with van der Waals surface area (Å²) in [7, 11) is 3.19. The van der Waals surface area contributed by atoms with Gasteiger partial charge in [-0.05, 0) is 36.6 Å². The summed E-state index contributed by atoms with van der Waals surface area (Å²) in [6, 6.07) is 13.3. The Morgan fingerprint density at radius 3 is 2.41 bits per heavy atom. The van der Waals surface area contributed by atoms with Gasteiger partial charge in [0.25, 0.3) is 5.91 Å². The van der Waals surface area contributed by atoms with Crippen LogP contribution in [0.1, 0.15) is 24.0 Å². The summed E-state index contributed by atoms with van der Waals surface area (Å²) in [5.74, 6) is 1.23. The second kappa shape index (κ2) is 9.15. The van der Waals surface area contributed by atoms with E-state index in [1.54, 1.807) is 20.3 Å². The molecule has 0 bridgehead atoms. The van der Waals surface area contributed by atoms with Crippen LogP contribution in [0.25, 0.3) is 0 Å². The largest absolute Gasteiger partial charge is 0.496 e. The average Bonchev–Trinajstić information content (AvgIpc) is 2.74. The van der Waals surface area contributed by atoms with Crippen LogP contribution in [0.5, 0.6) is 17.2 Å². The van der Waals surface area contributed by atoms with Gasteiger partial charge in [0.1, 0.15) is 5.75 Å². The molecule has 156 valence electrons. The molecule has 7 nitrogen and oxygen atoms in total. The molecule has 2 aromatic carbocycles. The molecule has 1 aliphatic rings. The van der Waals surface area contributed by atoms with Crippen LogP contribution in [0.15, 0.2) is 42.5 Å². The van der Waals surface area contributed by atoms with Crippen molar-refractivity contribution in [3.05, 3.63) is 53.6 Å². The fourth-order valence-corrected chi connectivity index (χ4v) is 3.72. The van der Waals surface area contributed by atoms with E-state index in [1.165, 1.54) is 0 Å². The molecule has 1 heterocycles. The Kier molecular flexibility index (Phi) is 6.61. The van der Waals surface area contributed by atoms with Crippen molar-refractivity contribution < 1.29 is 24.1 Å². The Morgan fingerprint density at radius 1 is 1.07 bits per heavy atom. The number of carbonyl (C=O) groups excluding carboxylic acids is 1. The summed E-state index contributed by atoms with van der Waals surface area (Å²) in [6.45, 7) is 2.06. The molecule has 0 aliphatic carbocycles. The van der Waals surface area contributed by atoms with E-state index in [1.807, 2.05) is 36.4 Å². The molecule has 1 saturated heterocycles. The maximum absolute atomic E-state index is 11.2. The second-order valence-corrected chi connectivity index (χ2v) is 7.25. The topological polar surface area (TPSA) is 94.2 Å². The number of ether oxygens (including phenoxy) is 3. The molecule has 0 aromatic heterocycles. The number of methoxy groups -OCH3 is 2. The first-order valence-corrected chi connectivity index (χ1v) is 9.61. The zero-order chi connectivity index (χ0) is 20.9. The van der Waals surface area contributed by atoms with Gasteiger partial charge >= 0.3 is 0 Å². The molecular weight excluding hydrogens is 372 g/mol. The van der Waals surface area contributed by atoms with Crippen molar-refractivity contribution in [1.82, 2.24) is 4.90 Å². The van der Waals surface area contributed by atoms with Crippen LogP contribution in [-0.4, -0.2) is 49.8 Å². The highest BCUT2D eigenvalue weighted by Gasteiger charge is 2.36. The van der Waals surface area contributed by atoms with Crippen LogP contribution in [0.3, 0.4) is 0 Å². The van der Waals surface area contributed by atoms with E-state index in [-0.39, 0.29) is 6.61 Å². The summed E-state index contributed by atoms with van der Waals surface area (Å²) >= 11 is 0. The van der Waals surface area contributed by atoms with E-state index in [9.17, 15) is 9.90 Å². The number of amides is 1. The first kappa shape index (κ1) is 21.0. The third kappa shape index (κ3) is 4.99. The van der Waals surface area contributed by atoms with Crippen molar-refractivity contribution in [2.45, 2.75) is 25.0 Å². The number of carbonyl (C=O) groups is 1. The number of hydrogen-bond donors (Lipinski definition) is 2. The fraction of sp³-hybridized carbons (Fsp3) is 0.409. The van der Waals surface area contributed by atoms with Crippen molar-refractivity contribution >= 4 is 5.91 Å². The van der Waals surface area contributed by atoms with Crippen molar-refractivity contribution in [2.24, 2.45) is 5.73 Å². The molecule has 0 saturated carbocycles. The SMILES string of the molecule is COc1cc(CN2CCC(O)(c3ccccc3OC)CC2)ccc1OCC(N)=O. The lowest BCUT2D eigenvalue weighted by Crippen LogP contribution is -2.42. The van der Waals surface area contributed by atoms with E-state index in [2.05, 4.69) is 4.90 Å². The van der Waals surface area contributed by atoms with Crippen LogP contribution in [-0.2, 0) is 16.9 Å². The molecule has 0 atom stereocenters. The molecule has 0 radical (unpaired) electrons. The Bertz CT molecular complexity index is 847. The molecular formula is C22H28N2O5. The molecule has 2 aromatic rings. The number of hydrogen-bond acceptors (Lipinski definition) is 6. The van der Waals surface area contributed by atoms with Gasteiger partial charge in [0.15, 0.2) is 18.1 Å². The van der Waals surface area contributed by atoms with Gasteiger partial charge in [-0.2, -0.15) is 0 Å². The lowest BCUT2D eigenvalue weighted by atomic mass is 9.84. The zero-order valence-corrected chi connectivity index (χ0v) is 16.9. The summed E-state index contributed by atoms with van der Waals surface area (Å²) in [5.41, 5.74) is 6.16. The number of aliphatic hydroxyl groups is 1. The normalized spacial score (nSPS) is 16.2. The Balaban J connectivity index is 1.64. The van der Waals surface area contributed by atoms with Crippen LogP contribution < -0.4 is 19.9 Å². The highest BCUT2D eigenvalue weighted by molar-refractivity contribution is 5.75. The highest BCUT2D eigenvalue weighted by atomic mass is 16.5.